The number of anilines is 1. The Kier molecular flexibility index (Phi) is 4.53. The number of ether oxygens (including phenoxy) is 1. The van der Waals surface area contributed by atoms with Crippen LogP contribution in [0.15, 0.2) is 79.1 Å². The molecule has 0 unspecified atom stereocenters. The number of hydrogen-bond donors (Lipinski definition) is 1. The first-order chi connectivity index (χ1) is 13.2. The van der Waals surface area contributed by atoms with Gasteiger partial charge in [-0.1, -0.05) is 24.3 Å². The fourth-order valence-electron chi connectivity index (χ4n) is 2.76. The zero-order valence-electron chi connectivity index (χ0n) is 14.3. The lowest BCUT2D eigenvalue weighted by Crippen LogP contribution is -2.20. The number of aromatic nitrogens is 2. The van der Waals surface area contributed by atoms with Crippen LogP contribution in [0.3, 0.4) is 0 Å². The van der Waals surface area contributed by atoms with E-state index >= 15 is 0 Å². The predicted octanol–water partition coefficient (Wildman–Crippen LogP) is 4.18. The van der Waals surface area contributed by atoms with Crippen LogP contribution in [0.4, 0.5) is 10.1 Å². The molecule has 0 saturated carbocycles. The topological polar surface area (TPSA) is 56.1 Å². The molecule has 0 fully saturated rings. The summed E-state index contributed by atoms with van der Waals surface area (Å²) < 4.78 is 20.7. The number of nitrogens with one attached hydrogen (secondary N) is 1. The summed E-state index contributed by atoms with van der Waals surface area (Å²) in [7, 11) is 0. The van der Waals surface area contributed by atoms with Gasteiger partial charge in [-0.15, -0.1) is 0 Å². The van der Waals surface area contributed by atoms with Crippen molar-refractivity contribution in [1.29, 1.82) is 0 Å². The van der Waals surface area contributed by atoms with E-state index in [9.17, 15) is 9.18 Å². The zero-order chi connectivity index (χ0) is 18.6. The van der Waals surface area contributed by atoms with Crippen molar-refractivity contribution in [3.8, 4) is 11.6 Å². The van der Waals surface area contributed by atoms with E-state index in [1.807, 2.05) is 53.4 Å². The van der Waals surface area contributed by atoms with E-state index in [1.54, 1.807) is 18.2 Å². The molecule has 6 heteroatoms. The highest BCUT2D eigenvalue weighted by Gasteiger charge is 2.10. The minimum atomic E-state index is -0.506. The Labute approximate surface area is 155 Å². The minimum Gasteiger partial charge on any atom is -0.481 e. The molecule has 0 saturated heterocycles. The van der Waals surface area contributed by atoms with Gasteiger partial charge in [0.05, 0.1) is 11.2 Å². The van der Waals surface area contributed by atoms with E-state index in [2.05, 4.69) is 10.3 Å². The molecule has 0 bridgehead atoms. The van der Waals surface area contributed by atoms with Crippen molar-refractivity contribution < 1.29 is 13.9 Å². The fraction of sp³-hybridized carbons (Fsp3) is 0.0476. The first-order valence-electron chi connectivity index (χ1n) is 8.41. The number of amides is 1. The molecule has 4 aromatic rings. The first-order valence-corrected chi connectivity index (χ1v) is 8.41. The predicted molar refractivity (Wildman–Crippen MR) is 102 cm³/mol. The molecule has 5 nitrogen and oxygen atoms in total. The number of pyridine rings is 1. The Balaban J connectivity index is 1.55. The maximum absolute atomic E-state index is 13.6. The molecule has 1 amide bonds. The summed E-state index contributed by atoms with van der Waals surface area (Å²) in [6, 6.07) is 19.2. The third kappa shape index (κ3) is 3.64. The number of halogens is 1. The highest BCUT2D eigenvalue weighted by Crippen LogP contribution is 2.23. The molecule has 0 aliphatic carbocycles. The zero-order valence-corrected chi connectivity index (χ0v) is 14.3. The highest BCUT2D eigenvalue weighted by atomic mass is 19.1. The van der Waals surface area contributed by atoms with Gasteiger partial charge in [-0.2, -0.15) is 0 Å². The van der Waals surface area contributed by atoms with Gasteiger partial charge in [0.1, 0.15) is 5.82 Å². The number of benzene rings is 2. The average Bonchev–Trinajstić information content (AvgIpc) is 3.22. The van der Waals surface area contributed by atoms with Crippen LogP contribution in [0.1, 0.15) is 0 Å². The van der Waals surface area contributed by atoms with Crippen LogP contribution in [0.5, 0.6) is 5.75 Å². The number of hydrogen-bond acceptors (Lipinski definition) is 3. The van der Waals surface area contributed by atoms with Crippen molar-refractivity contribution in [2.24, 2.45) is 0 Å². The second-order valence-electron chi connectivity index (χ2n) is 5.90. The molecule has 1 N–H and O–H groups in total. The van der Waals surface area contributed by atoms with Crippen molar-refractivity contribution in [3.05, 3.63) is 84.9 Å². The number of nitrogens with zero attached hydrogens (tertiary/aromatic N) is 2. The molecular weight excluding hydrogens is 345 g/mol. The third-order valence-corrected chi connectivity index (χ3v) is 4.04. The molecular formula is C21H16FN3O2. The van der Waals surface area contributed by atoms with Gasteiger partial charge in [-0.05, 0) is 42.5 Å². The first kappa shape index (κ1) is 16.8. The van der Waals surface area contributed by atoms with Gasteiger partial charge in [-0.25, -0.2) is 9.37 Å². The van der Waals surface area contributed by atoms with E-state index in [4.69, 9.17) is 4.74 Å². The maximum atomic E-state index is 13.6. The van der Waals surface area contributed by atoms with Gasteiger partial charge in [0, 0.05) is 17.8 Å². The van der Waals surface area contributed by atoms with Gasteiger partial charge in [-0.3, -0.25) is 4.79 Å². The molecule has 134 valence electrons. The molecule has 2 heterocycles. The summed E-state index contributed by atoms with van der Waals surface area (Å²) in [5.41, 5.74) is 1.24. The standard InChI is InChI=1S/C21H16FN3O2/c22-16-7-1-2-9-18(16)27-14-20(26)23-17-8-5-6-15-10-11-19(24-21(15)17)25-12-3-4-13-25/h1-13H,14H2,(H,23,26). The Hall–Kier alpha value is -3.67. The van der Waals surface area contributed by atoms with Gasteiger partial charge in [0.25, 0.3) is 5.91 Å². The Morgan fingerprint density at radius 2 is 1.81 bits per heavy atom. The molecule has 4 rings (SSSR count). The summed E-state index contributed by atoms with van der Waals surface area (Å²) in [6.07, 6.45) is 3.80. The number of rotatable bonds is 5. The van der Waals surface area contributed by atoms with Crippen molar-refractivity contribution in [1.82, 2.24) is 9.55 Å². The molecule has 0 aliphatic rings. The summed E-state index contributed by atoms with van der Waals surface area (Å²) in [5.74, 6) is -0.109. The smallest absolute Gasteiger partial charge is 0.262 e. The lowest BCUT2D eigenvalue weighted by molar-refractivity contribution is -0.118. The second kappa shape index (κ2) is 7.29. The largest absolute Gasteiger partial charge is 0.481 e. The van der Waals surface area contributed by atoms with Crippen molar-refractivity contribution >= 4 is 22.5 Å². The van der Waals surface area contributed by atoms with Crippen LogP contribution in [-0.4, -0.2) is 22.1 Å². The van der Waals surface area contributed by atoms with Crippen LogP contribution in [0.25, 0.3) is 16.7 Å². The van der Waals surface area contributed by atoms with Crippen molar-refractivity contribution in [2.75, 3.05) is 11.9 Å². The summed E-state index contributed by atoms with van der Waals surface area (Å²) in [6.45, 7) is -0.297. The fourth-order valence-corrected chi connectivity index (χ4v) is 2.76. The molecule has 2 aromatic heterocycles. The van der Waals surface area contributed by atoms with Gasteiger partial charge >= 0.3 is 0 Å². The van der Waals surface area contributed by atoms with Crippen LogP contribution in [0.2, 0.25) is 0 Å². The van der Waals surface area contributed by atoms with Gasteiger partial charge < -0.3 is 14.6 Å². The van der Waals surface area contributed by atoms with Crippen LogP contribution in [0, 0.1) is 5.82 Å². The van der Waals surface area contributed by atoms with Crippen LogP contribution in [-0.2, 0) is 4.79 Å². The summed E-state index contributed by atoms with van der Waals surface area (Å²) in [5, 5.41) is 3.69. The summed E-state index contributed by atoms with van der Waals surface area (Å²) >= 11 is 0. The van der Waals surface area contributed by atoms with E-state index in [1.165, 1.54) is 12.1 Å². The lowest BCUT2D eigenvalue weighted by atomic mass is 10.2. The molecule has 0 atom stereocenters. The number of fused-ring (bicyclic) bond motifs is 1. The van der Waals surface area contributed by atoms with E-state index < -0.39 is 5.82 Å². The quantitative estimate of drug-likeness (QED) is 0.580. The van der Waals surface area contributed by atoms with Crippen molar-refractivity contribution in [3.63, 3.8) is 0 Å². The number of carbonyl (C=O) groups excluding carboxylic acids is 1. The molecule has 2 aromatic carbocycles. The molecule has 0 aliphatic heterocycles. The third-order valence-electron chi connectivity index (χ3n) is 4.04. The maximum Gasteiger partial charge on any atom is 0.262 e. The van der Waals surface area contributed by atoms with Crippen molar-refractivity contribution in [2.45, 2.75) is 0 Å². The van der Waals surface area contributed by atoms with Gasteiger partial charge in [0.2, 0.25) is 0 Å². The highest BCUT2D eigenvalue weighted by molar-refractivity contribution is 6.01. The van der Waals surface area contributed by atoms with Crippen LogP contribution >= 0.6 is 0 Å². The Morgan fingerprint density at radius 3 is 2.63 bits per heavy atom. The van der Waals surface area contributed by atoms with E-state index in [0.717, 1.165) is 11.2 Å². The van der Waals surface area contributed by atoms with E-state index in [0.29, 0.717) is 11.2 Å². The average molecular weight is 361 g/mol. The lowest BCUT2D eigenvalue weighted by Gasteiger charge is -2.11. The Morgan fingerprint density at radius 1 is 1.00 bits per heavy atom. The van der Waals surface area contributed by atoms with Crippen LogP contribution < -0.4 is 10.1 Å². The minimum absolute atomic E-state index is 0.0404. The van der Waals surface area contributed by atoms with E-state index in [-0.39, 0.29) is 18.3 Å². The summed E-state index contributed by atoms with van der Waals surface area (Å²) in [4.78, 5) is 16.9. The molecule has 27 heavy (non-hydrogen) atoms. The van der Waals surface area contributed by atoms with Gasteiger partial charge in [0.15, 0.2) is 18.2 Å². The normalized spacial score (nSPS) is 10.7. The SMILES string of the molecule is O=C(COc1ccccc1F)Nc1cccc2ccc(-n3cccc3)nc12. The monoisotopic (exact) mass is 361 g/mol. The number of para-hydroxylation sites is 2. The number of carbonyl (C=O) groups is 1. The molecule has 0 spiro atoms. The molecule has 0 radical (unpaired) electrons. The second-order valence-corrected chi connectivity index (χ2v) is 5.90. The Bertz CT molecular complexity index is 1090.